The van der Waals surface area contributed by atoms with E-state index in [1.807, 2.05) is 0 Å². The summed E-state index contributed by atoms with van der Waals surface area (Å²) in [4.78, 5) is 12.9. The first kappa shape index (κ1) is 16.3. The fraction of sp³-hybridized carbons (Fsp3) is 0.143. The number of benzene rings is 1. The Bertz CT molecular complexity index is 756. The predicted octanol–water partition coefficient (Wildman–Crippen LogP) is 3.52. The van der Waals surface area contributed by atoms with Gasteiger partial charge in [0.05, 0.1) is 17.4 Å². The third-order valence-corrected chi connectivity index (χ3v) is 3.16. The fourth-order valence-corrected chi connectivity index (χ4v) is 2.14. The van der Waals surface area contributed by atoms with Crippen molar-refractivity contribution in [3.63, 3.8) is 0 Å². The van der Waals surface area contributed by atoms with Crippen LogP contribution in [-0.2, 0) is 4.84 Å². The van der Waals surface area contributed by atoms with Crippen molar-refractivity contribution in [1.29, 1.82) is 0 Å². The fourth-order valence-electron chi connectivity index (χ4n) is 1.91. The van der Waals surface area contributed by atoms with Crippen LogP contribution < -0.4 is 15.0 Å². The number of aromatic nitrogens is 2. The van der Waals surface area contributed by atoms with Crippen molar-refractivity contribution >= 4 is 11.6 Å². The molecule has 2 aromatic rings. The van der Waals surface area contributed by atoms with Gasteiger partial charge in [0.25, 0.3) is 0 Å². The van der Waals surface area contributed by atoms with Gasteiger partial charge in [0, 0.05) is 6.08 Å². The quantitative estimate of drug-likeness (QED) is 0.901. The Labute approximate surface area is 138 Å². The second-order valence-electron chi connectivity index (χ2n) is 4.59. The number of nitrogens with one attached hydrogen (secondary N) is 1. The molecule has 0 fully saturated rings. The average molecular weight is 360 g/mol. The highest BCUT2D eigenvalue weighted by molar-refractivity contribution is 6.32. The Hall–Kier alpha value is -2.52. The van der Waals surface area contributed by atoms with Gasteiger partial charge in [-0.15, -0.1) is 13.2 Å². The normalized spacial score (nSPS) is 17.2. The van der Waals surface area contributed by atoms with Gasteiger partial charge in [0.2, 0.25) is 5.88 Å². The summed E-state index contributed by atoms with van der Waals surface area (Å²) in [6, 6.07) is 3.84. The molecule has 0 unspecified atom stereocenters. The number of alkyl halides is 3. The average Bonchev–Trinajstić information content (AvgIpc) is 2.97. The minimum absolute atomic E-state index is 0.187. The lowest BCUT2D eigenvalue weighted by molar-refractivity contribution is -0.274. The zero-order chi connectivity index (χ0) is 17.2. The zero-order valence-corrected chi connectivity index (χ0v) is 12.5. The molecule has 0 saturated carbocycles. The van der Waals surface area contributed by atoms with Crippen LogP contribution in [0.2, 0.25) is 5.02 Å². The van der Waals surface area contributed by atoms with E-state index in [4.69, 9.17) is 21.2 Å². The van der Waals surface area contributed by atoms with E-state index in [1.54, 1.807) is 6.08 Å². The largest absolute Gasteiger partial charge is 0.573 e. The Morgan fingerprint density at radius 1 is 1.21 bits per heavy atom. The molecule has 0 spiro atoms. The molecule has 1 aromatic heterocycles. The van der Waals surface area contributed by atoms with Crippen LogP contribution in [0, 0.1) is 0 Å². The summed E-state index contributed by atoms with van der Waals surface area (Å²) >= 11 is 5.81. The van der Waals surface area contributed by atoms with Crippen LogP contribution in [0.3, 0.4) is 0 Å². The van der Waals surface area contributed by atoms with Crippen molar-refractivity contribution < 1.29 is 27.5 Å². The van der Waals surface area contributed by atoms with Crippen LogP contribution in [0.5, 0.6) is 11.5 Å². The van der Waals surface area contributed by atoms with Gasteiger partial charge in [-0.2, -0.15) is 0 Å². The van der Waals surface area contributed by atoms with Crippen molar-refractivity contribution in [1.82, 2.24) is 15.4 Å². The molecule has 0 bridgehead atoms. The third kappa shape index (κ3) is 4.06. The molecule has 1 aromatic carbocycles. The van der Waals surface area contributed by atoms with Gasteiger partial charge in [-0.1, -0.05) is 17.7 Å². The van der Waals surface area contributed by atoms with E-state index in [-0.39, 0.29) is 5.02 Å². The first-order valence-electron chi connectivity index (χ1n) is 6.52. The first-order valence-corrected chi connectivity index (χ1v) is 6.90. The van der Waals surface area contributed by atoms with Gasteiger partial charge in [0.1, 0.15) is 18.2 Å². The topological polar surface area (TPSA) is 65.5 Å². The van der Waals surface area contributed by atoms with E-state index in [0.29, 0.717) is 17.2 Å². The van der Waals surface area contributed by atoms with Crippen molar-refractivity contribution in [2.75, 3.05) is 0 Å². The molecular weight excluding hydrogens is 351 g/mol. The van der Waals surface area contributed by atoms with Gasteiger partial charge < -0.3 is 9.47 Å². The van der Waals surface area contributed by atoms with Gasteiger partial charge in [0.15, 0.2) is 5.75 Å². The van der Waals surface area contributed by atoms with Crippen LogP contribution in [0.15, 0.2) is 48.9 Å². The van der Waals surface area contributed by atoms with E-state index in [0.717, 1.165) is 6.07 Å². The maximum atomic E-state index is 12.2. The highest BCUT2D eigenvalue weighted by atomic mass is 35.5. The molecular formula is C14H9ClF3N3O3. The monoisotopic (exact) mass is 359 g/mol. The Morgan fingerprint density at radius 3 is 2.62 bits per heavy atom. The Morgan fingerprint density at radius 2 is 1.96 bits per heavy atom. The molecule has 1 aliphatic heterocycles. The third-order valence-electron chi connectivity index (χ3n) is 2.86. The lowest BCUT2D eigenvalue weighted by Crippen LogP contribution is -2.17. The molecule has 3 rings (SSSR count). The summed E-state index contributed by atoms with van der Waals surface area (Å²) in [6.07, 6.45) is 0.460. The SMILES string of the molecule is FC(F)(F)Oc1ccc([C@H]2C=C(Oc3cncnc3)NO2)cc1Cl. The molecule has 6 nitrogen and oxygen atoms in total. The number of hydrogen-bond donors (Lipinski definition) is 1. The molecule has 1 atom stereocenters. The van der Waals surface area contributed by atoms with Crippen molar-refractivity contribution in [3.8, 4) is 11.5 Å². The Balaban J connectivity index is 1.72. The molecule has 0 amide bonds. The zero-order valence-electron chi connectivity index (χ0n) is 11.7. The van der Waals surface area contributed by atoms with E-state index in [9.17, 15) is 13.2 Å². The smallest absolute Gasteiger partial charge is 0.436 e. The standard InChI is InChI=1S/C14H9ClF3N3O3/c15-10-3-8(1-2-11(10)23-14(16,17)18)12-4-13(21-24-12)22-9-5-19-7-20-6-9/h1-7,12,21H/t12-/m1/s1. The lowest BCUT2D eigenvalue weighted by Gasteiger charge is -2.12. The maximum Gasteiger partial charge on any atom is 0.573 e. The van der Waals surface area contributed by atoms with Crippen LogP contribution in [-0.4, -0.2) is 16.3 Å². The molecule has 0 radical (unpaired) electrons. The number of ether oxygens (including phenoxy) is 2. The van der Waals surface area contributed by atoms with Gasteiger partial charge >= 0.3 is 6.36 Å². The number of rotatable bonds is 4. The summed E-state index contributed by atoms with van der Waals surface area (Å²) in [7, 11) is 0. The first-order chi connectivity index (χ1) is 11.4. The van der Waals surface area contributed by atoms with Crippen LogP contribution in [0.25, 0.3) is 0 Å². The molecule has 10 heteroatoms. The minimum Gasteiger partial charge on any atom is -0.436 e. The second-order valence-corrected chi connectivity index (χ2v) is 4.99. The van der Waals surface area contributed by atoms with Crippen molar-refractivity contribution in [2.45, 2.75) is 12.5 Å². The van der Waals surface area contributed by atoms with E-state index in [2.05, 4.69) is 20.2 Å². The van der Waals surface area contributed by atoms with E-state index in [1.165, 1.54) is 30.9 Å². The number of hydrogen-bond acceptors (Lipinski definition) is 6. The molecule has 0 saturated heterocycles. The van der Waals surface area contributed by atoms with Crippen LogP contribution >= 0.6 is 11.6 Å². The van der Waals surface area contributed by atoms with Gasteiger partial charge in [-0.05, 0) is 17.7 Å². The number of halogens is 4. The predicted molar refractivity (Wildman–Crippen MR) is 75.8 cm³/mol. The summed E-state index contributed by atoms with van der Waals surface area (Å²) in [6.45, 7) is 0. The number of nitrogens with zero attached hydrogens (tertiary/aromatic N) is 2. The molecule has 0 aliphatic carbocycles. The molecule has 126 valence electrons. The number of hydroxylamine groups is 1. The second kappa shape index (κ2) is 6.54. The molecule has 24 heavy (non-hydrogen) atoms. The Kier molecular flexibility index (Phi) is 4.45. The van der Waals surface area contributed by atoms with Gasteiger partial charge in [-0.25, -0.2) is 15.4 Å². The van der Waals surface area contributed by atoms with Crippen molar-refractivity contribution in [2.24, 2.45) is 0 Å². The highest BCUT2D eigenvalue weighted by Crippen LogP contribution is 2.34. The van der Waals surface area contributed by atoms with Crippen LogP contribution in [0.1, 0.15) is 11.7 Å². The minimum atomic E-state index is -4.81. The van der Waals surface area contributed by atoms with E-state index < -0.39 is 18.2 Å². The molecule has 1 N–H and O–H groups in total. The maximum absolute atomic E-state index is 12.2. The lowest BCUT2D eigenvalue weighted by atomic mass is 10.1. The molecule has 1 aliphatic rings. The van der Waals surface area contributed by atoms with Gasteiger partial charge in [-0.3, -0.25) is 4.84 Å². The summed E-state index contributed by atoms with van der Waals surface area (Å²) in [5.41, 5.74) is 3.07. The summed E-state index contributed by atoms with van der Waals surface area (Å²) in [5, 5.41) is -0.187. The van der Waals surface area contributed by atoms with E-state index >= 15 is 0 Å². The van der Waals surface area contributed by atoms with Crippen LogP contribution in [0.4, 0.5) is 13.2 Å². The summed E-state index contributed by atoms with van der Waals surface area (Å²) < 4.78 is 45.9. The summed E-state index contributed by atoms with van der Waals surface area (Å²) in [5.74, 6) is 0.203. The highest BCUT2D eigenvalue weighted by Gasteiger charge is 2.32. The van der Waals surface area contributed by atoms with Crippen molar-refractivity contribution in [3.05, 3.63) is 59.5 Å². The molecule has 2 heterocycles.